The molecule has 0 aliphatic carbocycles. The molecular weight excluding hydrogens is 280 g/mol. The number of anilines is 1. The van der Waals surface area contributed by atoms with Gasteiger partial charge in [-0.05, 0) is 44.2 Å². The highest BCUT2D eigenvalue weighted by atomic mass is 16.3. The van der Waals surface area contributed by atoms with Gasteiger partial charge in [0, 0.05) is 12.2 Å². The van der Waals surface area contributed by atoms with Gasteiger partial charge in [-0.1, -0.05) is 31.5 Å². The van der Waals surface area contributed by atoms with Crippen LogP contribution in [0, 0.1) is 26.7 Å². The standard InChI is InChI=1S/C17H26N2O3/c1-10(2)6-14(20)9-18-16(21)17(22)19-15-12(4)7-11(3)8-13(15)5/h7-8,10,14,20H,6,9H2,1-5H3,(H,18,21)(H,19,22). The molecule has 5 heteroatoms. The van der Waals surface area contributed by atoms with E-state index in [0.29, 0.717) is 18.0 Å². The first-order valence-corrected chi connectivity index (χ1v) is 7.55. The molecule has 1 aromatic rings. The topological polar surface area (TPSA) is 78.4 Å². The van der Waals surface area contributed by atoms with Gasteiger partial charge in [0.15, 0.2) is 0 Å². The van der Waals surface area contributed by atoms with Crippen molar-refractivity contribution < 1.29 is 14.7 Å². The Labute approximate surface area is 132 Å². The fourth-order valence-electron chi connectivity index (χ4n) is 2.47. The minimum atomic E-state index is -0.734. The number of carbonyl (C=O) groups excluding carboxylic acids is 2. The molecule has 1 unspecified atom stereocenters. The van der Waals surface area contributed by atoms with E-state index >= 15 is 0 Å². The van der Waals surface area contributed by atoms with E-state index in [2.05, 4.69) is 10.6 Å². The first-order valence-electron chi connectivity index (χ1n) is 7.55. The molecule has 0 bridgehead atoms. The van der Waals surface area contributed by atoms with Gasteiger partial charge in [-0.25, -0.2) is 0 Å². The van der Waals surface area contributed by atoms with Crippen molar-refractivity contribution in [1.29, 1.82) is 0 Å². The van der Waals surface area contributed by atoms with Crippen LogP contribution in [0.2, 0.25) is 0 Å². The van der Waals surface area contributed by atoms with Gasteiger partial charge in [0.05, 0.1) is 6.10 Å². The van der Waals surface area contributed by atoms with Crippen LogP contribution >= 0.6 is 0 Å². The Morgan fingerprint density at radius 2 is 1.64 bits per heavy atom. The van der Waals surface area contributed by atoms with Gasteiger partial charge in [-0.15, -0.1) is 0 Å². The molecular formula is C17H26N2O3. The van der Waals surface area contributed by atoms with E-state index in [1.807, 2.05) is 46.8 Å². The second-order valence-corrected chi connectivity index (χ2v) is 6.22. The molecule has 0 radical (unpaired) electrons. The third-order valence-electron chi connectivity index (χ3n) is 3.36. The molecule has 0 saturated heterocycles. The molecule has 0 aromatic heterocycles. The molecule has 122 valence electrons. The van der Waals surface area contributed by atoms with Crippen molar-refractivity contribution in [3.05, 3.63) is 28.8 Å². The lowest BCUT2D eigenvalue weighted by atomic mass is 10.1. The first kappa shape index (κ1) is 18.2. The molecule has 22 heavy (non-hydrogen) atoms. The number of aliphatic hydroxyl groups is 1. The van der Waals surface area contributed by atoms with E-state index in [1.165, 1.54) is 0 Å². The number of hydrogen-bond acceptors (Lipinski definition) is 3. The van der Waals surface area contributed by atoms with Crippen LogP contribution in [0.15, 0.2) is 12.1 Å². The monoisotopic (exact) mass is 306 g/mol. The largest absolute Gasteiger partial charge is 0.391 e. The number of hydrogen-bond donors (Lipinski definition) is 3. The van der Waals surface area contributed by atoms with Crippen molar-refractivity contribution in [2.45, 2.75) is 47.1 Å². The Hall–Kier alpha value is -1.88. The number of benzene rings is 1. The van der Waals surface area contributed by atoms with Crippen LogP contribution in [0.25, 0.3) is 0 Å². The number of amides is 2. The number of nitrogens with one attached hydrogen (secondary N) is 2. The highest BCUT2D eigenvalue weighted by Crippen LogP contribution is 2.21. The third-order valence-corrected chi connectivity index (χ3v) is 3.36. The van der Waals surface area contributed by atoms with Crippen LogP contribution in [0.5, 0.6) is 0 Å². The lowest BCUT2D eigenvalue weighted by Gasteiger charge is -2.15. The highest BCUT2D eigenvalue weighted by Gasteiger charge is 2.17. The van der Waals surface area contributed by atoms with Gasteiger partial charge in [0.2, 0.25) is 0 Å². The van der Waals surface area contributed by atoms with Crippen molar-refractivity contribution >= 4 is 17.5 Å². The lowest BCUT2D eigenvalue weighted by Crippen LogP contribution is -2.40. The summed E-state index contributed by atoms with van der Waals surface area (Å²) < 4.78 is 0. The minimum Gasteiger partial charge on any atom is -0.391 e. The molecule has 5 nitrogen and oxygen atoms in total. The second-order valence-electron chi connectivity index (χ2n) is 6.22. The van der Waals surface area contributed by atoms with Crippen LogP contribution in [0.3, 0.4) is 0 Å². The van der Waals surface area contributed by atoms with E-state index in [4.69, 9.17) is 0 Å². The molecule has 1 aromatic carbocycles. The Morgan fingerprint density at radius 1 is 1.09 bits per heavy atom. The van der Waals surface area contributed by atoms with Crippen molar-refractivity contribution in [2.75, 3.05) is 11.9 Å². The number of aryl methyl sites for hydroxylation is 3. The average Bonchev–Trinajstić information content (AvgIpc) is 2.39. The number of carbonyl (C=O) groups is 2. The smallest absolute Gasteiger partial charge is 0.313 e. The summed E-state index contributed by atoms with van der Waals surface area (Å²) >= 11 is 0. The summed E-state index contributed by atoms with van der Waals surface area (Å²) in [5.41, 5.74) is 3.60. The van der Waals surface area contributed by atoms with E-state index in [-0.39, 0.29) is 6.54 Å². The molecule has 0 aliphatic heterocycles. The van der Waals surface area contributed by atoms with Crippen molar-refractivity contribution in [2.24, 2.45) is 5.92 Å². The van der Waals surface area contributed by atoms with Gasteiger partial charge in [0.25, 0.3) is 0 Å². The quantitative estimate of drug-likeness (QED) is 0.729. The highest BCUT2D eigenvalue weighted by molar-refractivity contribution is 6.39. The van der Waals surface area contributed by atoms with E-state index in [9.17, 15) is 14.7 Å². The maximum absolute atomic E-state index is 11.9. The van der Waals surface area contributed by atoms with E-state index in [0.717, 1.165) is 16.7 Å². The SMILES string of the molecule is Cc1cc(C)c(NC(=O)C(=O)NCC(O)CC(C)C)c(C)c1. The summed E-state index contributed by atoms with van der Waals surface area (Å²) in [5, 5.41) is 14.8. The van der Waals surface area contributed by atoms with Crippen LogP contribution in [0.1, 0.15) is 37.0 Å². The lowest BCUT2D eigenvalue weighted by molar-refractivity contribution is -0.136. The van der Waals surface area contributed by atoms with Gasteiger partial charge >= 0.3 is 11.8 Å². The maximum atomic E-state index is 11.9. The summed E-state index contributed by atoms with van der Waals surface area (Å²) in [6.07, 6.45) is -0.0578. The molecule has 0 heterocycles. The van der Waals surface area contributed by atoms with Crippen LogP contribution in [-0.2, 0) is 9.59 Å². The molecule has 0 spiro atoms. The normalized spacial score (nSPS) is 12.1. The molecule has 0 saturated carbocycles. The van der Waals surface area contributed by atoms with Gasteiger partial charge in [0.1, 0.15) is 0 Å². The second kappa shape index (κ2) is 7.94. The Kier molecular flexibility index (Phi) is 6.56. The zero-order valence-electron chi connectivity index (χ0n) is 14.0. The van der Waals surface area contributed by atoms with Crippen molar-refractivity contribution in [3.8, 4) is 0 Å². The van der Waals surface area contributed by atoms with Crippen LogP contribution in [-0.4, -0.2) is 29.6 Å². The van der Waals surface area contributed by atoms with E-state index in [1.54, 1.807) is 0 Å². The third kappa shape index (κ3) is 5.48. The maximum Gasteiger partial charge on any atom is 0.313 e. The van der Waals surface area contributed by atoms with Crippen LogP contribution < -0.4 is 10.6 Å². The van der Waals surface area contributed by atoms with Crippen LogP contribution in [0.4, 0.5) is 5.69 Å². The predicted molar refractivity (Wildman–Crippen MR) is 87.8 cm³/mol. The predicted octanol–water partition coefficient (Wildman–Crippen LogP) is 2.07. The minimum absolute atomic E-state index is 0.0797. The molecule has 3 N–H and O–H groups in total. The first-order chi connectivity index (χ1) is 10.2. The molecule has 0 fully saturated rings. The summed E-state index contributed by atoms with van der Waals surface area (Å²) in [7, 11) is 0. The van der Waals surface area contributed by atoms with Gasteiger partial charge < -0.3 is 15.7 Å². The Balaban J connectivity index is 2.60. The average molecular weight is 306 g/mol. The zero-order chi connectivity index (χ0) is 16.9. The number of rotatable bonds is 5. The van der Waals surface area contributed by atoms with Crippen molar-refractivity contribution in [1.82, 2.24) is 5.32 Å². The summed E-state index contributed by atoms with van der Waals surface area (Å²) in [5.74, 6) is -1.12. The fourth-order valence-corrected chi connectivity index (χ4v) is 2.47. The van der Waals surface area contributed by atoms with Gasteiger partial charge in [-0.2, -0.15) is 0 Å². The van der Waals surface area contributed by atoms with E-state index < -0.39 is 17.9 Å². The molecule has 0 aliphatic rings. The summed E-state index contributed by atoms with van der Waals surface area (Å²) in [4.78, 5) is 23.7. The van der Waals surface area contributed by atoms with Gasteiger partial charge in [-0.3, -0.25) is 9.59 Å². The Bertz CT molecular complexity index is 530. The zero-order valence-corrected chi connectivity index (χ0v) is 14.0. The molecule has 2 amide bonds. The molecule has 1 rings (SSSR count). The molecule has 1 atom stereocenters. The van der Waals surface area contributed by atoms with Crippen molar-refractivity contribution in [3.63, 3.8) is 0 Å². The summed E-state index contributed by atoms with van der Waals surface area (Å²) in [6, 6.07) is 3.90. The Morgan fingerprint density at radius 3 is 2.14 bits per heavy atom. The summed E-state index contributed by atoms with van der Waals surface area (Å²) in [6.45, 7) is 9.81. The number of aliphatic hydroxyl groups excluding tert-OH is 1. The fraction of sp³-hybridized carbons (Fsp3) is 0.529.